The Morgan fingerprint density at radius 2 is 1.48 bits per heavy atom. The standard InChI is InChI=1S/C31H33F6N7/c1-42-11-13-43(14-12-42)19-20-7-9-21(10-8-20)27-26-18-38-29(41-44(26)28(40-27)22-5-3-2-4-6-22)39-25-16-23(30(32,33)34)15-24(17-25)31(35,36)37/h7-10,15-18,22H,2-6,11-14,19H2,1H3,(H,39,41). The van der Waals surface area contributed by atoms with Crippen LogP contribution in [0.3, 0.4) is 0 Å². The maximum Gasteiger partial charge on any atom is 0.416 e. The lowest BCUT2D eigenvalue weighted by molar-refractivity contribution is -0.143. The fraction of sp³-hybridized carbons (Fsp3) is 0.452. The second-order valence-electron chi connectivity index (χ2n) is 11.7. The van der Waals surface area contributed by atoms with E-state index in [1.54, 1.807) is 4.52 Å². The Hall–Kier alpha value is -3.71. The molecule has 1 aliphatic heterocycles. The van der Waals surface area contributed by atoms with Crippen molar-refractivity contribution >= 4 is 17.2 Å². The highest BCUT2D eigenvalue weighted by molar-refractivity contribution is 5.77. The Morgan fingerprint density at radius 3 is 2.09 bits per heavy atom. The third kappa shape index (κ3) is 6.68. The first-order chi connectivity index (χ1) is 20.9. The largest absolute Gasteiger partial charge is 0.416 e. The first kappa shape index (κ1) is 30.3. The number of imidazole rings is 1. The summed E-state index contributed by atoms with van der Waals surface area (Å²) in [5, 5.41) is 7.11. The smallest absolute Gasteiger partial charge is 0.323 e. The van der Waals surface area contributed by atoms with E-state index in [1.807, 2.05) is 12.1 Å². The molecule has 1 N–H and O–H groups in total. The third-order valence-corrected chi connectivity index (χ3v) is 8.46. The molecule has 1 aliphatic carbocycles. The summed E-state index contributed by atoms with van der Waals surface area (Å²) >= 11 is 0. The first-order valence-electron chi connectivity index (χ1n) is 14.8. The van der Waals surface area contributed by atoms with Crippen molar-refractivity contribution in [3.05, 3.63) is 71.2 Å². The molecule has 6 rings (SSSR count). The van der Waals surface area contributed by atoms with Crippen molar-refractivity contribution in [3.63, 3.8) is 0 Å². The van der Waals surface area contributed by atoms with Crippen molar-refractivity contribution in [3.8, 4) is 11.3 Å². The summed E-state index contributed by atoms with van der Waals surface area (Å²) in [5.74, 6) is 0.699. The summed E-state index contributed by atoms with van der Waals surface area (Å²) < 4.78 is 82.2. The van der Waals surface area contributed by atoms with Crippen LogP contribution in [0.1, 0.15) is 60.5 Å². The Balaban J connectivity index is 1.33. The van der Waals surface area contributed by atoms with Gasteiger partial charge in [-0.05, 0) is 43.7 Å². The van der Waals surface area contributed by atoms with Crippen molar-refractivity contribution in [2.45, 2.75) is 56.9 Å². The minimum Gasteiger partial charge on any atom is -0.323 e. The molecule has 44 heavy (non-hydrogen) atoms. The van der Waals surface area contributed by atoms with E-state index in [0.29, 0.717) is 29.2 Å². The maximum atomic E-state index is 13.4. The number of fused-ring (bicyclic) bond motifs is 1. The number of hydrogen-bond donors (Lipinski definition) is 1. The number of piperazine rings is 1. The topological polar surface area (TPSA) is 61.6 Å². The molecule has 2 aliphatic rings. The maximum absolute atomic E-state index is 13.4. The fourth-order valence-corrected chi connectivity index (χ4v) is 5.99. The van der Waals surface area contributed by atoms with Gasteiger partial charge in [0.2, 0.25) is 5.95 Å². The molecule has 2 fully saturated rings. The summed E-state index contributed by atoms with van der Waals surface area (Å²) in [6.07, 6.45) is -3.38. The number of hydrogen-bond acceptors (Lipinski definition) is 6. The number of nitrogens with zero attached hydrogens (tertiary/aromatic N) is 6. The number of halogens is 6. The van der Waals surface area contributed by atoms with Crippen LogP contribution in [0.4, 0.5) is 38.0 Å². The number of aromatic nitrogens is 4. The van der Waals surface area contributed by atoms with E-state index in [1.165, 1.54) is 11.8 Å². The monoisotopic (exact) mass is 617 g/mol. The number of benzene rings is 2. The van der Waals surface area contributed by atoms with Crippen molar-refractivity contribution < 1.29 is 26.3 Å². The molecule has 0 spiro atoms. The van der Waals surface area contributed by atoms with Crippen LogP contribution in [0, 0.1) is 0 Å². The van der Waals surface area contributed by atoms with Gasteiger partial charge in [0.05, 0.1) is 23.0 Å². The summed E-state index contributed by atoms with van der Waals surface area (Å²) in [5.41, 5.74) is 0.117. The Kier molecular flexibility index (Phi) is 8.27. The predicted octanol–water partition coefficient (Wildman–Crippen LogP) is 7.37. The number of likely N-dealkylation sites (N-methyl/N-ethyl adjacent to an activating group) is 1. The molecule has 0 radical (unpaired) electrons. The molecule has 1 saturated heterocycles. The number of anilines is 2. The third-order valence-electron chi connectivity index (χ3n) is 8.46. The lowest BCUT2D eigenvalue weighted by atomic mass is 9.89. The molecule has 2 aromatic carbocycles. The van der Waals surface area contributed by atoms with Gasteiger partial charge < -0.3 is 10.2 Å². The van der Waals surface area contributed by atoms with Crippen LogP contribution in [-0.2, 0) is 18.9 Å². The van der Waals surface area contributed by atoms with Crippen LogP contribution in [0.25, 0.3) is 16.8 Å². The van der Waals surface area contributed by atoms with E-state index >= 15 is 0 Å². The summed E-state index contributed by atoms with van der Waals surface area (Å²) in [7, 11) is 2.13. The molecule has 3 heterocycles. The van der Waals surface area contributed by atoms with E-state index in [4.69, 9.17) is 4.98 Å². The quantitative estimate of drug-likeness (QED) is 0.228. The molecular formula is C31H33F6N7. The fourth-order valence-electron chi connectivity index (χ4n) is 5.99. The Labute approximate surface area is 250 Å². The van der Waals surface area contributed by atoms with Crippen molar-refractivity contribution in [2.24, 2.45) is 0 Å². The van der Waals surface area contributed by atoms with E-state index in [0.717, 1.165) is 70.4 Å². The van der Waals surface area contributed by atoms with Gasteiger partial charge in [-0.25, -0.2) is 14.5 Å². The molecular weight excluding hydrogens is 584 g/mol. The first-order valence-corrected chi connectivity index (χ1v) is 14.8. The van der Waals surface area contributed by atoms with Gasteiger partial charge in [-0.15, -0.1) is 5.10 Å². The molecule has 234 valence electrons. The highest BCUT2D eigenvalue weighted by Crippen LogP contribution is 2.39. The molecule has 0 atom stereocenters. The van der Waals surface area contributed by atoms with Gasteiger partial charge in [0, 0.05) is 49.9 Å². The second-order valence-corrected chi connectivity index (χ2v) is 11.7. The number of nitrogens with one attached hydrogen (secondary N) is 1. The number of alkyl halides is 6. The number of rotatable bonds is 6. The molecule has 13 heteroatoms. The van der Waals surface area contributed by atoms with Crippen LogP contribution < -0.4 is 5.32 Å². The SMILES string of the molecule is CN1CCN(Cc2ccc(-c3nc(C4CCCCC4)n4nc(Nc5cc(C(F)(F)F)cc(C(F)(F)F)c5)ncc34)cc2)CC1. The second kappa shape index (κ2) is 12.0. The van der Waals surface area contributed by atoms with E-state index in [-0.39, 0.29) is 17.9 Å². The zero-order valence-electron chi connectivity index (χ0n) is 24.2. The zero-order valence-corrected chi connectivity index (χ0v) is 24.2. The van der Waals surface area contributed by atoms with E-state index < -0.39 is 29.2 Å². The summed E-state index contributed by atoms with van der Waals surface area (Å²) in [4.78, 5) is 14.0. The van der Waals surface area contributed by atoms with Crippen LogP contribution in [0.2, 0.25) is 0 Å². The Morgan fingerprint density at radius 1 is 0.841 bits per heavy atom. The molecule has 0 amide bonds. The zero-order chi connectivity index (χ0) is 31.1. The molecule has 7 nitrogen and oxygen atoms in total. The van der Waals surface area contributed by atoms with Crippen LogP contribution in [-0.4, -0.2) is 62.6 Å². The summed E-state index contributed by atoms with van der Waals surface area (Å²) in [6, 6.07) is 9.54. The van der Waals surface area contributed by atoms with Crippen molar-refractivity contribution in [2.75, 3.05) is 38.5 Å². The minimum atomic E-state index is -4.96. The average Bonchev–Trinajstić information content (AvgIpc) is 3.37. The van der Waals surface area contributed by atoms with E-state index in [2.05, 4.69) is 44.4 Å². The van der Waals surface area contributed by atoms with Crippen molar-refractivity contribution in [1.82, 2.24) is 29.4 Å². The lowest BCUT2D eigenvalue weighted by Crippen LogP contribution is -2.43. The van der Waals surface area contributed by atoms with Gasteiger partial charge in [-0.2, -0.15) is 26.3 Å². The van der Waals surface area contributed by atoms with E-state index in [9.17, 15) is 26.3 Å². The molecule has 2 aromatic heterocycles. The highest BCUT2D eigenvalue weighted by atomic mass is 19.4. The molecule has 0 bridgehead atoms. The normalized spacial score (nSPS) is 17.8. The Bertz CT molecular complexity index is 1570. The van der Waals surface area contributed by atoms with Gasteiger partial charge in [0.25, 0.3) is 0 Å². The van der Waals surface area contributed by atoms with Crippen molar-refractivity contribution in [1.29, 1.82) is 0 Å². The average molecular weight is 618 g/mol. The predicted molar refractivity (Wildman–Crippen MR) is 155 cm³/mol. The summed E-state index contributed by atoms with van der Waals surface area (Å²) in [6.45, 7) is 4.96. The molecule has 0 unspecified atom stereocenters. The van der Waals surface area contributed by atoms with Gasteiger partial charge in [0.15, 0.2) is 0 Å². The van der Waals surface area contributed by atoms with Gasteiger partial charge in [-0.1, -0.05) is 43.5 Å². The van der Waals surface area contributed by atoms with Crippen LogP contribution in [0.15, 0.2) is 48.7 Å². The minimum absolute atomic E-state index is 0.0922. The van der Waals surface area contributed by atoms with Crippen LogP contribution in [0.5, 0.6) is 0 Å². The van der Waals surface area contributed by atoms with Gasteiger partial charge in [0.1, 0.15) is 11.3 Å². The molecule has 4 aromatic rings. The highest BCUT2D eigenvalue weighted by Gasteiger charge is 2.37. The lowest BCUT2D eigenvalue weighted by Gasteiger charge is -2.32. The van der Waals surface area contributed by atoms with Crippen LogP contribution >= 0.6 is 0 Å². The van der Waals surface area contributed by atoms with Gasteiger partial charge >= 0.3 is 12.4 Å². The molecule has 1 saturated carbocycles. The van der Waals surface area contributed by atoms with Gasteiger partial charge in [-0.3, -0.25) is 4.90 Å².